The maximum absolute atomic E-state index is 9.24. The highest BCUT2D eigenvalue weighted by Crippen LogP contribution is 2.36. The van der Waals surface area contributed by atoms with E-state index in [1.807, 2.05) is 60.7 Å². The third kappa shape index (κ3) is 7.37. The molecule has 4 nitrogen and oxygen atoms in total. The molecule has 45 heavy (non-hydrogen) atoms. The molecule has 0 aliphatic carbocycles. The van der Waals surface area contributed by atoms with Crippen molar-refractivity contribution in [3.8, 4) is 11.1 Å². The third-order valence-electron chi connectivity index (χ3n) is 7.08. The number of para-hydroxylation sites is 4. The third-order valence-corrected chi connectivity index (χ3v) is 8.85. The van der Waals surface area contributed by atoms with Crippen LogP contribution in [0.5, 0.6) is 0 Å². The normalized spacial score (nSPS) is 10.6. The molecule has 0 aliphatic heterocycles. The van der Waals surface area contributed by atoms with Crippen molar-refractivity contribution in [2.45, 2.75) is 7.43 Å². The summed E-state index contributed by atoms with van der Waals surface area (Å²) in [6.07, 6.45) is 0. The lowest BCUT2D eigenvalue weighted by Crippen LogP contribution is -2.29. The monoisotopic (exact) mass is 832 g/mol. The second-order valence-electron chi connectivity index (χ2n) is 9.92. The van der Waals surface area contributed by atoms with Crippen molar-refractivity contribution in [1.82, 2.24) is 0 Å². The van der Waals surface area contributed by atoms with Gasteiger partial charge in [-0.3, -0.25) is 0 Å². The summed E-state index contributed by atoms with van der Waals surface area (Å²) in [4.78, 5) is 0. The quantitative estimate of drug-likeness (QED) is 0.134. The summed E-state index contributed by atoms with van der Waals surface area (Å²) in [7, 11) is -1.51. The molecule has 2 heterocycles. The zero-order valence-corrected chi connectivity index (χ0v) is 28.5. The first-order valence-electron chi connectivity index (χ1n) is 13.7. The van der Waals surface area contributed by atoms with E-state index in [9.17, 15) is 10.0 Å². The molecule has 6 aromatic carbocycles. The molecule has 0 saturated heterocycles. The molecule has 0 saturated carbocycles. The van der Waals surface area contributed by atoms with E-state index in [0.29, 0.717) is 11.0 Å². The van der Waals surface area contributed by atoms with Crippen LogP contribution >= 0.6 is 54.5 Å². The standard InChI is InChI=1S/C18H11BrO.C12H9BO3.C6H4BrI.CH4/c19-13-10-8-12(9-11-13)14-5-3-6-16-15-4-1-2-7-17(15)20-18(14)16;14-13(15)10-6-3-5-9-8-4-1-2-7-11(8)16-12(9)10;7-5-1-3-6(8)4-2-5;/h1-11H;1-7,14-15H;1-4H;1H4. The molecule has 0 atom stereocenters. The molecule has 2 aromatic heterocycles. The number of benzene rings is 6. The smallest absolute Gasteiger partial charge is 0.456 e. The van der Waals surface area contributed by atoms with E-state index in [4.69, 9.17) is 8.83 Å². The van der Waals surface area contributed by atoms with Gasteiger partial charge in [-0.05, 0) is 76.7 Å². The molecule has 0 spiro atoms. The van der Waals surface area contributed by atoms with E-state index in [1.165, 1.54) is 14.3 Å². The number of fused-ring (bicyclic) bond motifs is 6. The van der Waals surface area contributed by atoms with Crippen LogP contribution in [0.2, 0.25) is 0 Å². The van der Waals surface area contributed by atoms with E-state index in [-0.39, 0.29) is 7.43 Å². The van der Waals surface area contributed by atoms with Crippen LogP contribution in [0, 0.1) is 3.57 Å². The summed E-state index contributed by atoms with van der Waals surface area (Å²) in [5.74, 6) is 0. The molecule has 0 radical (unpaired) electrons. The number of hydrogen-bond donors (Lipinski definition) is 2. The lowest BCUT2D eigenvalue weighted by atomic mass is 9.79. The first-order valence-corrected chi connectivity index (χ1v) is 16.4. The van der Waals surface area contributed by atoms with Crippen molar-refractivity contribution in [2.24, 2.45) is 0 Å². The topological polar surface area (TPSA) is 66.7 Å². The number of furan rings is 2. The van der Waals surface area contributed by atoms with E-state index in [1.54, 1.807) is 12.1 Å². The molecular formula is C37H28BBr2IO4. The Kier molecular flexibility index (Phi) is 10.8. The van der Waals surface area contributed by atoms with Crippen LogP contribution in [0.1, 0.15) is 7.43 Å². The van der Waals surface area contributed by atoms with Crippen LogP contribution in [0.25, 0.3) is 55.0 Å². The highest BCUT2D eigenvalue weighted by Gasteiger charge is 2.18. The van der Waals surface area contributed by atoms with E-state index in [2.05, 4.69) is 115 Å². The Morgan fingerprint density at radius 1 is 0.511 bits per heavy atom. The molecule has 2 N–H and O–H groups in total. The summed E-state index contributed by atoms with van der Waals surface area (Å²) in [5.41, 5.74) is 5.88. The Balaban J connectivity index is 0.000000143. The summed E-state index contributed by atoms with van der Waals surface area (Å²) in [6, 6.07) is 43.9. The fourth-order valence-electron chi connectivity index (χ4n) is 5.01. The van der Waals surface area contributed by atoms with Crippen LogP contribution in [-0.2, 0) is 0 Å². The molecule has 0 bridgehead atoms. The van der Waals surface area contributed by atoms with Gasteiger partial charge in [0.15, 0.2) is 0 Å². The summed E-state index contributed by atoms with van der Waals surface area (Å²) in [6.45, 7) is 0. The Hall–Kier alpha value is -3.41. The Labute approximate surface area is 292 Å². The molecule has 0 fully saturated rings. The van der Waals surface area contributed by atoms with Crippen LogP contribution in [0.4, 0.5) is 0 Å². The molecule has 8 heteroatoms. The summed E-state index contributed by atoms with van der Waals surface area (Å²) in [5, 5.41) is 22.7. The van der Waals surface area contributed by atoms with Crippen molar-refractivity contribution in [2.75, 3.05) is 0 Å². The van der Waals surface area contributed by atoms with E-state index in [0.717, 1.165) is 47.6 Å². The minimum Gasteiger partial charge on any atom is -0.456 e. The Bertz CT molecular complexity index is 2170. The van der Waals surface area contributed by atoms with Crippen molar-refractivity contribution in [1.29, 1.82) is 0 Å². The maximum atomic E-state index is 9.24. The van der Waals surface area contributed by atoms with Gasteiger partial charge in [0, 0.05) is 45.1 Å². The second-order valence-corrected chi connectivity index (χ2v) is 13.0. The van der Waals surface area contributed by atoms with Gasteiger partial charge in [-0.2, -0.15) is 0 Å². The predicted octanol–water partition coefficient (Wildman–Crippen LogP) is 11.0. The van der Waals surface area contributed by atoms with Crippen LogP contribution in [0.3, 0.4) is 0 Å². The van der Waals surface area contributed by atoms with Gasteiger partial charge in [0.1, 0.15) is 22.3 Å². The summed E-state index contributed by atoms with van der Waals surface area (Å²) >= 11 is 9.09. The molecule has 0 unspecified atom stereocenters. The zero-order valence-electron chi connectivity index (χ0n) is 23.1. The molecule has 8 rings (SSSR count). The fraction of sp³-hybridized carbons (Fsp3) is 0.0270. The van der Waals surface area contributed by atoms with Crippen LogP contribution < -0.4 is 5.46 Å². The van der Waals surface area contributed by atoms with Crippen LogP contribution in [-0.4, -0.2) is 17.2 Å². The van der Waals surface area contributed by atoms with Crippen molar-refractivity contribution < 1.29 is 18.9 Å². The molecule has 8 aromatic rings. The summed E-state index contributed by atoms with van der Waals surface area (Å²) < 4.78 is 15.2. The van der Waals surface area contributed by atoms with Gasteiger partial charge in [0.05, 0.1) is 0 Å². The van der Waals surface area contributed by atoms with Gasteiger partial charge in [-0.1, -0.05) is 124 Å². The van der Waals surface area contributed by atoms with Crippen molar-refractivity contribution >= 4 is 111 Å². The Morgan fingerprint density at radius 3 is 1.53 bits per heavy atom. The molecule has 0 aliphatic rings. The molecular weight excluding hydrogens is 806 g/mol. The number of rotatable bonds is 2. The predicted molar refractivity (Wildman–Crippen MR) is 204 cm³/mol. The van der Waals surface area contributed by atoms with E-state index >= 15 is 0 Å². The van der Waals surface area contributed by atoms with Crippen LogP contribution in [0.15, 0.2) is 151 Å². The highest BCUT2D eigenvalue weighted by molar-refractivity contribution is 14.1. The lowest BCUT2D eigenvalue weighted by molar-refractivity contribution is 0.425. The largest absolute Gasteiger partial charge is 0.492 e. The van der Waals surface area contributed by atoms with Crippen molar-refractivity contribution in [3.05, 3.63) is 146 Å². The first-order chi connectivity index (χ1) is 21.4. The van der Waals surface area contributed by atoms with E-state index < -0.39 is 7.12 Å². The second kappa shape index (κ2) is 14.8. The van der Waals surface area contributed by atoms with Gasteiger partial charge in [-0.15, -0.1) is 0 Å². The van der Waals surface area contributed by atoms with Gasteiger partial charge >= 0.3 is 7.12 Å². The van der Waals surface area contributed by atoms with Gasteiger partial charge in [0.25, 0.3) is 0 Å². The van der Waals surface area contributed by atoms with Gasteiger partial charge in [-0.25, -0.2) is 0 Å². The number of halogens is 3. The van der Waals surface area contributed by atoms with Gasteiger partial charge in [0.2, 0.25) is 0 Å². The molecule has 224 valence electrons. The number of hydrogen-bond acceptors (Lipinski definition) is 4. The minimum atomic E-state index is -1.51. The van der Waals surface area contributed by atoms with Gasteiger partial charge < -0.3 is 18.9 Å². The average molecular weight is 834 g/mol. The first kappa shape index (κ1) is 33.0. The van der Waals surface area contributed by atoms with Crippen molar-refractivity contribution in [3.63, 3.8) is 0 Å². The maximum Gasteiger partial charge on any atom is 0.492 e. The zero-order chi connectivity index (χ0) is 30.6. The average Bonchev–Trinajstić information content (AvgIpc) is 3.62. The lowest BCUT2D eigenvalue weighted by Gasteiger charge is -2.02. The fourth-order valence-corrected chi connectivity index (χ4v) is 5.89. The SMILES string of the molecule is Brc1ccc(-c2cccc3c2oc2ccccc23)cc1.Brc1ccc(I)cc1.C.OB(O)c1cccc2c1oc1ccccc12. The Morgan fingerprint density at radius 2 is 0.978 bits per heavy atom. The minimum absolute atomic E-state index is 0. The molecule has 0 amide bonds. The highest BCUT2D eigenvalue weighted by atomic mass is 127.